The molecule has 1 aliphatic carbocycles. The third-order valence-corrected chi connectivity index (χ3v) is 4.16. The molecule has 3 nitrogen and oxygen atoms in total. The smallest absolute Gasteiger partial charge is 0.223 e. The van der Waals surface area contributed by atoms with Crippen LogP contribution in [0, 0.1) is 5.92 Å². The first-order chi connectivity index (χ1) is 7.51. The van der Waals surface area contributed by atoms with Crippen molar-refractivity contribution in [2.24, 2.45) is 5.92 Å². The quantitative estimate of drug-likeness (QED) is 0.719. The van der Waals surface area contributed by atoms with Crippen LogP contribution < -0.4 is 0 Å². The van der Waals surface area contributed by atoms with Gasteiger partial charge in [-0.3, -0.25) is 9.59 Å². The molecule has 1 saturated heterocycles. The van der Waals surface area contributed by atoms with E-state index in [4.69, 9.17) is 0 Å². The lowest BCUT2D eigenvalue weighted by molar-refractivity contribution is -0.139. The molecule has 0 bridgehead atoms. The number of rotatable bonds is 2. The average Bonchev–Trinajstić information content (AvgIpc) is 2.77. The zero-order valence-electron chi connectivity index (χ0n) is 10.3. The molecule has 90 valence electrons. The van der Waals surface area contributed by atoms with Crippen LogP contribution in [0.15, 0.2) is 0 Å². The van der Waals surface area contributed by atoms with E-state index in [1.165, 1.54) is 25.7 Å². The fraction of sp³-hybridized carbons (Fsp3) is 0.846. The highest BCUT2D eigenvalue weighted by molar-refractivity contribution is 5.95. The standard InChI is InChI=1S/C13H21NO2/c1-13(2)11(15)7-8-14(13)12(16)9-10-5-3-4-6-10/h10H,3-9H2,1-2H3. The van der Waals surface area contributed by atoms with E-state index in [1.807, 2.05) is 13.8 Å². The molecule has 0 radical (unpaired) electrons. The minimum atomic E-state index is -0.560. The zero-order chi connectivity index (χ0) is 11.8. The Hall–Kier alpha value is -0.860. The van der Waals surface area contributed by atoms with Gasteiger partial charge < -0.3 is 4.90 Å². The molecule has 0 atom stereocenters. The summed E-state index contributed by atoms with van der Waals surface area (Å²) < 4.78 is 0. The van der Waals surface area contributed by atoms with Crippen LogP contribution in [-0.4, -0.2) is 28.7 Å². The van der Waals surface area contributed by atoms with Gasteiger partial charge in [-0.2, -0.15) is 0 Å². The summed E-state index contributed by atoms with van der Waals surface area (Å²) in [6.45, 7) is 4.36. The summed E-state index contributed by atoms with van der Waals surface area (Å²) in [6.07, 6.45) is 6.09. The van der Waals surface area contributed by atoms with Gasteiger partial charge in [-0.25, -0.2) is 0 Å². The predicted molar refractivity (Wildman–Crippen MR) is 62.0 cm³/mol. The number of carbonyl (C=O) groups is 2. The van der Waals surface area contributed by atoms with Gasteiger partial charge in [0.15, 0.2) is 5.78 Å². The van der Waals surface area contributed by atoms with Crippen LogP contribution in [0.5, 0.6) is 0 Å². The van der Waals surface area contributed by atoms with Crippen LogP contribution in [0.25, 0.3) is 0 Å². The molecule has 0 aromatic carbocycles. The van der Waals surface area contributed by atoms with E-state index < -0.39 is 5.54 Å². The number of hydrogen-bond acceptors (Lipinski definition) is 2. The third-order valence-electron chi connectivity index (χ3n) is 4.16. The van der Waals surface area contributed by atoms with E-state index in [1.54, 1.807) is 4.90 Å². The molecule has 0 aromatic heterocycles. The van der Waals surface area contributed by atoms with E-state index in [-0.39, 0.29) is 11.7 Å². The fourth-order valence-corrected chi connectivity index (χ4v) is 2.96. The molecule has 1 heterocycles. The first-order valence-electron chi connectivity index (χ1n) is 6.35. The summed E-state index contributed by atoms with van der Waals surface area (Å²) in [6, 6.07) is 0. The summed E-state index contributed by atoms with van der Waals surface area (Å²) in [7, 11) is 0. The lowest BCUT2D eigenvalue weighted by Gasteiger charge is -2.30. The summed E-state index contributed by atoms with van der Waals surface area (Å²) >= 11 is 0. The molecule has 3 heteroatoms. The van der Waals surface area contributed by atoms with Crippen LogP contribution >= 0.6 is 0 Å². The Morgan fingerprint density at radius 2 is 2.00 bits per heavy atom. The highest BCUT2D eigenvalue weighted by Gasteiger charge is 2.42. The van der Waals surface area contributed by atoms with Gasteiger partial charge in [-0.15, -0.1) is 0 Å². The highest BCUT2D eigenvalue weighted by Crippen LogP contribution is 2.31. The Morgan fingerprint density at radius 1 is 1.38 bits per heavy atom. The molecule has 0 unspecified atom stereocenters. The first-order valence-corrected chi connectivity index (χ1v) is 6.35. The highest BCUT2D eigenvalue weighted by atomic mass is 16.2. The predicted octanol–water partition coefficient (Wildman–Crippen LogP) is 2.15. The number of nitrogens with zero attached hydrogens (tertiary/aromatic N) is 1. The number of hydrogen-bond donors (Lipinski definition) is 0. The van der Waals surface area contributed by atoms with Crippen molar-refractivity contribution in [3.05, 3.63) is 0 Å². The van der Waals surface area contributed by atoms with E-state index in [9.17, 15) is 9.59 Å². The molecular formula is C13H21NO2. The van der Waals surface area contributed by atoms with Crippen molar-refractivity contribution in [2.75, 3.05) is 6.54 Å². The summed E-state index contributed by atoms with van der Waals surface area (Å²) in [5, 5.41) is 0. The number of Topliss-reactive ketones (excluding diaryl/α,β-unsaturated/α-hetero) is 1. The van der Waals surface area contributed by atoms with Gasteiger partial charge in [-0.05, 0) is 32.6 Å². The van der Waals surface area contributed by atoms with Crippen molar-refractivity contribution < 1.29 is 9.59 Å². The summed E-state index contributed by atoms with van der Waals surface area (Å²) in [5.41, 5.74) is -0.560. The fourth-order valence-electron chi connectivity index (χ4n) is 2.96. The lowest BCUT2D eigenvalue weighted by atomic mass is 9.98. The molecule has 16 heavy (non-hydrogen) atoms. The lowest BCUT2D eigenvalue weighted by Crippen LogP contribution is -2.46. The van der Waals surface area contributed by atoms with Crippen molar-refractivity contribution in [2.45, 2.75) is 57.9 Å². The van der Waals surface area contributed by atoms with E-state index >= 15 is 0 Å². The van der Waals surface area contributed by atoms with E-state index in [0.717, 1.165) is 0 Å². The largest absolute Gasteiger partial charge is 0.330 e. The third kappa shape index (κ3) is 2.00. The molecule has 0 spiro atoms. The Bertz CT molecular complexity index is 303. The van der Waals surface area contributed by atoms with Gasteiger partial charge in [0.25, 0.3) is 0 Å². The van der Waals surface area contributed by atoms with Crippen LogP contribution in [0.2, 0.25) is 0 Å². The van der Waals surface area contributed by atoms with Crippen LogP contribution in [0.4, 0.5) is 0 Å². The maximum Gasteiger partial charge on any atom is 0.223 e. The van der Waals surface area contributed by atoms with Crippen LogP contribution in [0.3, 0.4) is 0 Å². The monoisotopic (exact) mass is 223 g/mol. The Balaban J connectivity index is 1.96. The van der Waals surface area contributed by atoms with Gasteiger partial charge in [0.05, 0.1) is 5.54 Å². The van der Waals surface area contributed by atoms with E-state index in [2.05, 4.69) is 0 Å². The topological polar surface area (TPSA) is 37.4 Å². The van der Waals surface area contributed by atoms with Crippen molar-refractivity contribution in [1.82, 2.24) is 4.90 Å². The van der Waals surface area contributed by atoms with Crippen LogP contribution in [-0.2, 0) is 9.59 Å². The van der Waals surface area contributed by atoms with Gasteiger partial charge in [0, 0.05) is 19.4 Å². The number of amides is 1. The minimum absolute atomic E-state index is 0.183. The molecule has 2 fully saturated rings. The molecule has 2 aliphatic rings. The Morgan fingerprint density at radius 3 is 2.50 bits per heavy atom. The van der Waals surface area contributed by atoms with Gasteiger partial charge in [0.1, 0.15) is 0 Å². The SMILES string of the molecule is CC1(C)C(=O)CCN1C(=O)CC1CCCC1. The van der Waals surface area contributed by atoms with E-state index in [0.29, 0.717) is 25.3 Å². The van der Waals surface area contributed by atoms with Crippen molar-refractivity contribution in [3.63, 3.8) is 0 Å². The number of ketones is 1. The molecule has 1 amide bonds. The first kappa shape index (κ1) is 11.6. The van der Waals surface area contributed by atoms with Gasteiger partial charge in [0.2, 0.25) is 5.91 Å². The molecule has 0 aromatic rings. The maximum atomic E-state index is 12.1. The Kier molecular flexibility index (Phi) is 3.04. The second-order valence-electron chi connectivity index (χ2n) is 5.63. The van der Waals surface area contributed by atoms with Crippen molar-refractivity contribution >= 4 is 11.7 Å². The van der Waals surface area contributed by atoms with Gasteiger partial charge >= 0.3 is 0 Å². The normalized spacial score (nSPS) is 25.4. The van der Waals surface area contributed by atoms with Crippen molar-refractivity contribution in [1.29, 1.82) is 0 Å². The summed E-state index contributed by atoms with van der Waals surface area (Å²) in [5.74, 6) is 0.953. The number of carbonyl (C=O) groups excluding carboxylic acids is 2. The molecule has 0 N–H and O–H groups in total. The molecule has 1 saturated carbocycles. The molecular weight excluding hydrogens is 202 g/mol. The minimum Gasteiger partial charge on any atom is -0.330 e. The van der Waals surface area contributed by atoms with Gasteiger partial charge in [-0.1, -0.05) is 12.8 Å². The number of likely N-dealkylation sites (tertiary alicyclic amines) is 1. The Labute approximate surface area is 97.2 Å². The zero-order valence-corrected chi connectivity index (χ0v) is 10.3. The van der Waals surface area contributed by atoms with Crippen LogP contribution in [0.1, 0.15) is 52.4 Å². The molecule has 2 rings (SSSR count). The molecule has 1 aliphatic heterocycles. The van der Waals surface area contributed by atoms with Crippen molar-refractivity contribution in [3.8, 4) is 0 Å². The maximum absolute atomic E-state index is 12.1. The average molecular weight is 223 g/mol. The second kappa shape index (κ2) is 4.19. The summed E-state index contributed by atoms with van der Waals surface area (Å²) in [4.78, 5) is 25.6. The second-order valence-corrected chi connectivity index (χ2v) is 5.63.